The molecule has 0 amide bonds. The van der Waals surface area contributed by atoms with Crippen LogP contribution in [0.4, 0.5) is 0 Å². The van der Waals surface area contributed by atoms with E-state index in [1.165, 1.54) is 52.9 Å². The Labute approximate surface area is 190 Å². The first-order valence-corrected chi connectivity index (χ1v) is 13.3. The predicted molar refractivity (Wildman–Crippen MR) is 128 cm³/mol. The monoisotopic (exact) mass is 433 g/mol. The van der Waals surface area contributed by atoms with Gasteiger partial charge in [-0.15, -0.1) is 11.3 Å². The molecule has 1 aromatic heterocycles. The second-order valence-corrected chi connectivity index (χ2v) is 12.6. The molecular weight excluding hydrogens is 398 g/mol. The lowest BCUT2D eigenvalue weighted by atomic mass is 9.46. The summed E-state index contributed by atoms with van der Waals surface area (Å²) in [7, 11) is 0. The van der Waals surface area contributed by atoms with Crippen molar-refractivity contribution in [2.45, 2.75) is 78.1 Å². The standard InChI is InChI=1S/C28H35NOS/c1-17(26-29-24-6-4-5-7-25(24)31-26)21-10-11-22-20-9-8-18-16-19(30)12-14-27(18,2)23(20)13-15-28(21,22)3/h4-7,16-17,20-23H,8-15H2,1-3H3/t17-,20-,21+,22-,23-,27-,28+/m0/s1. The van der Waals surface area contributed by atoms with E-state index in [1.54, 1.807) is 0 Å². The van der Waals surface area contributed by atoms with Crippen LogP contribution in [-0.4, -0.2) is 10.8 Å². The molecule has 3 heteroatoms. The maximum absolute atomic E-state index is 12.1. The fourth-order valence-corrected chi connectivity index (χ4v) is 9.76. The average molecular weight is 434 g/mol. The van der Waals surface area contributed by atoms with Gasteiger partial charge in [0.05, 0.1) is 15.2 Å². The van der Waals surface area contributed by atoms with E-state index >= 15 is 0 Å². The molecule has 164 valence electrons. The van der Waals surface area contributed by atoms with Crippen molar-refractivity contribution >= 4 is 27.3 Å². The Balaban J connectivity index is 1.29. The molecule has 0 bridgehead atoms. The molecule has 3 saturated carbocycles. The highest BCUT2D eigenvalue weighted by atomic mass is 32.1. The third-order valence-corrected chi connectivity index (χ3v) is 11.6. The Kier molecular flexibility index (Phi) is 4.55. The normalized spacial score (nSPS) is 40.7. The Morgan fingerprint density at radius 3 is 2.71 bits per heavy atom. The van der Waals surface area contributed by atoms with Gasteiger partial charge in [-0.05, 0) is 97.7 Å². The molecule has 4 aliphatic rings. The molecule has 0 spiro atoms. The van der Waals surface area contributed by atoms with Crippen LogP contribution in [-0.2, 0) is 4.79 Å². The van der Waals surface area contributed by atoms with E-state index in [2.05, 4.69) is 45.0 Å². The van der Waals surface area contributed by atoms with Crippen molar-refractivity contribution in [3.8, 4) is 0 Å². The number of hydrogen-bond acceptors (Lipinski definition) is 3. The molecule has 6 rings (SSSR count). The van der Waals surface area contributed by atoms with Crippen LogP contribution in [0, 0.1) is 34.5 Å². The third-order valence-electron chi connectivity index (χ3n) is 10.3. The lowest BCUT2D eigenvalue weighted by Gasteiger charge is -2.58. The van der Waals surface area contributed by atoms with Gasteiger partial charge in [0.25, 0.3) is 0 Å². The van der Waals surface area contributed by atoms with Crippen LogP contribution in [0.2, 0.25) is 0 Å². The largest absolute Gasteiger partial charge is 0.295 e. The number of benzene rings is 1. The molecule has 1 heterocycles. The minimum absolute atomic E-state index is 0.287. The number of thiazole rings is 1. The molecule has 0 saturated heterocycles. The van der Waals surface area contributed by atoms with E-state index in [4.69, 9.17) is 4.98 Å². The highest BCUT2D eigenvalue weighted by Gasteiger charge is 2.59. The van der Waals surface area contributed by atoms with E-state index in [1.807, 2.05) is 17.4 Å². The van der Waals surface area contributed by atoms with Gasteiger partial charge < -0.3 is 0 Å². The van der Waals surface area contributed by atoms with Crippen LogP contribution in [0.3, 0.4) is 0 Å². The van der Waals surface area contributed by atoms with Crippen molar-refractivity contribution in [2.24, 2.45) is 34.5 Å². The molecule has 0 unspecified atom stereocenters. The topological polar surface area (TPSA) is 30.0 Å². The number of aromatic nitrogens is 1. The van der Waals surface area contributed by atoms with E-state index in [9.17, 15) is 4.79 Å². The highest BCUT2D eigenvalue weighted by molar-refractivity contribution is 7.18. The maximum Gasteiger partial charge on any atom is 0.155 e. The molecule has 2 nitrogen and oxygen atoms in total. The summed E-state index contributed by atoms with van der Waals surface area (Å²) in [6, 6.07) is 8.62. The number of carbonyl (C=O) groups is 1. The molecule has 1 aromatic carbocycles. The molecule has 4 aliphatic carbocycles. The van der Waals surface area contributed by atoms with Crippen LogP contribution < -0.4 is 0 Å². The van der Waals surface area contributed by atoms with Crippen molar-refractivity contribution in [1.29, 1.82) is 0 Å². The molecule has 2 aromatic rings. The number of hydrogen-bond donors (Lipinski definition) is 0. The van der Waals surface area contributed by atoms with Crippen LogP contribution >= 0.6 is 11.3 Å². The van der Waals surface area contributed by atoms with Gasteiger partial charge in [-0.1, -0.05) is 38.5 Å². The number of allylic oxidation sites excluding steroid dienone is 1. The third kappa shape index (κ3) is 2.88. The van der Waals surface area contributed by atoms with Gasteiger partial charge in [0.15, 0.2) is 5.78 Å². The van der Waals surface area contributed by atoms with Gasteiger partial charge >= 0.3 is 0 Å². The summed E-state index contributed by atoms with van der Waals surface area (Å²) in [6.45, 7) is 7.59. The summed E-state index contributed by atoms with van der Waals surface area (Å²) >= 11 is 1.92. The predicted octanol–water partition coefficient (Wildman–Crippen LogP) is 7.55. The van der Waals surface area contributed by atoms with Gasteiger partial charge in [-0.25, -0.2) is 4.98 Å². The fraction of sp³-hybridized carbons (Fsp3) is 0.643. The second kappa shape index (κ2) is 7.01. The van der Waals surface area contributed by atoms with Crippen LogP contribution in [0.25, 0.3) is 10.2 Å². The van der Waals surface area contributed by atoms with Gasteiger partial charge in [0.1, 0.15) is 0 Å². The zero-order valence-electron chi connectivity index (χ0n) is 19.2. The van der Waals surface area contributed by atoms with Crippen molar-refractivity contribution in [1.82, 2.24) is 4.98 Å². The average Bonchev–Trinajstić information content (AvgIpc) is 3.34. The fourth-order valence-electron chi connectivity index (χ4n) is 8.68. The Morgan fingerprint density at radius 2 is 1.87 bits per heavy atom. The summed E-state index contributed by atoms with van der Waals surface area (Å²) in [6.07, 6.45) is 11.8. The summed E-state index contributed by atoms with van der Waals surface area (Å²) in [4.78, 5) is 17.1. The number of carbonyl (C=O) groups excluding carboxylic acids is 1. The van der Waals surface area contributed by atoms with Gasteiger partial charge in [0, 0.05) is 12.3 Å². The zero-order valence-corrected chi connectivity index (χ0v) is 20.0. The Morgan fingerprint density at radius 1 is 1.03 bits per heavy atom. The maximum atomic E-state index is 12.1. The number of rotatable bonds is 2. The Hall–Kier alpha value is -1.48. The number of fused-ring (bicyclic) bond motifs is 6. The first kappa shape index (κ1) is 20.1. The molecule has 31 heavy (non-hydrogen) atoms. The van der Waals surface area contributed by atoms with Crippen molar-refractivity contribution in [3.05, 3.63) is 40.9 Å². The minimum Gasteiger partial charge on any atom is -0.295 e. The molecule has 0 aliphatic heterocycles. The summed E-state index contributed by atoms with van der Waals surface area (Å²) in [5.41, 5.74) is 3.39. The highest BCUT2D eigenvalue weighted by Crippen LogP contribution is 2.68. The number of para-hydroxylation sites is 1. The van der Waals surface area contributed by atoms with Crippen LogP contribution in [0.1, 0.15) is 83.1 Å². The second-order valence-electron chi connectivity index (χ2n) is 11.5. The molecule has 7 atom stereocenters. The lowest BCUT2D eigenvalue weighted by Crippen LogP contribution is -2.50. The summed E-state index contributed by atoms with van der Waals surface area (Å²) < 4.78 is 1.33. The lowest BCUT2D eigenvalue weighted by molar-refractivity contribution is -0.117. The molecule has 0 radical (unpaired) electrons. The van der Waals surface area contributed by atoms with E-state index in [0.29, 0.717) is 17.1 Å². The van der Waals surface area contributed by atoms with Crippen molar-refractivity contribution in [2.75, 3.05) is 0 Å². The van der Waals surface area contributed by atoms with E-state index < -0.39 is 0 Å². The molecule has 3 fully saturated rings. The number of nitrogens with zero attached hydrogens (tertiary/aromatic N) is 1. The van der Waals surface area contributed by atoms with Crippen LogP contribution in [0.15, 0.2) is 35.9 Å². The zero-order chi connectivity index (χ0) is 21.4. The summed E-state index contributed by atoms with van der Waals surface area (Å²) in [5.74, 6) is 4.15. The first-order chi connectivity index (χ1) is 14.9. The van der Waals surface area contributed by atoms with Crippen molar-refractivity contribution < 1.29 is 4.79 Å². The molecular formula is C28H35NOS. The Bertz CT molecular complexity index is 1030. The molecule has 0 N–H and O–H groups in total. The van der Waals surface area contributed by atoms with E-state index in [-0.39, 0.29) is 5.41 Å². The van der Waals surface area contributed by atoms with Gasteiger partial charge in [0.2, 0.25) is 0 Å². The van der Waals surface area contributed by atoms with Gasteiger partial charge in [-0.3, -0.25) is 4.79 Å². The summed E-state index contributed by atoms with van der Waals surface area (Å²) in [5, 5.41) is 1.35. The van der Waals surface area contributed by atoms with Crippen LogP contribution in [0.5, 0.6) is 0 Å². The quantitative estimate of drug-likeness (QED) is 0.489. The SMILES string of the molecule is C[C@H](c1nc2ccccc2s1)[C@H]1CC[C@H]2[C@@H]3CCC4=CC(=O)CC[C@]4(C)[C@H]3CC[C@]12C. The minimum atomic E-state index is 0.287. The van der Waals surface area contributed by atoms with Crippen molar-refractivity contribution in [3.63, 3.8) is 0 Å². The smallest absolute Gasteiger partial charge is 0.155 e. The first-order valence-electron chi connectivity index (χ1n) is 12.5. The number of ketones is 1. The van der Waals surface area contributed by atoms with E-state index in [0.717, 1.165) is 42.9 Å². The van der Waals surface area contributed by atoms with Gasteiger partial charge in [-0.2, -0.15) is 0 Å².